The van der Waals surface area contributed by atoms with Crippen LogP contribution in [0.5, 0.6) is 0 Å². The van der Waals surface area contributed by atoms with Crippen LogP contribution in [0.4, 0.5) is 10.3 Å². The van der Waals surface area contributed by atoms with E-state index in [9.17, 15) is 9.18 Å². The van der Waals surface area contributed by atoms with Crippen molar-refractivity contribution in [2.75, 3.05) is 5.32 Å². The highest BCUT2D eigenvalue weighted by molar-refractivity contribution is 6.30. The Morgan fingerprint density at radius 3 is 2.48 bits per heavy atom. The number of aromatic nitrogens is 1. The molecule has 0 amide bonds. The van der Waals surface area contributed by atoms with E-state index >= 15 is 0 Å². The van der Waals surface area contributed by atoms with Crippen LogP contribution in [-0.4, -0.2) is 10.9 Å². The topological polar surface area (TPSA) is 55.1 Å². The van der Waals surface area contributed by atoms with E-state index < -0.39 is 0 Å². The first-order valence-corrected chi connectivity index (χ1v) is 9.89. The van der Waals surface area contributed by atoms with Crippen molar-refractivity contribution in [1.82, 2.24) is 5.16 Å². The minimum atomic E-state index is -0.313. The molecular weight excluding hydrogens is 391 g/mol. The van der Waals surface area contributed by atoms with Crippen LogP contribution < -0.4 is 5.32 Å². The average Bonchev–Trinajstić information content (AvgIpc) is 3.08. The van der Waals surface area contributed by atoms with Gasteiger partial charge in [0.25, 0.3) is 0 Å². The van der Waals surface area contributed by atoms with Crippen molar-refractivity contribution < 1.29 is 13.7 Å². The lowest BCUT2D eigenvalue weighted by molar-refractivity contribution is -0.116. The summed E-state index contributed by atoms with van der Waals surface area (Å²) in [7, 11) is 0. The largest absolute Gasteiger partial charge is 0.338 e. The number of benzene rings is 2. The zero-order chi connectivity index (χ0) is 20.1. The standard InChI is InChI=1S/C23H18ClFN2O2/c1-12-20-21(14-4-8-17(25)9-5-14)22-18(26-23(20)29-27-12)10-15(11-19(22)28)13-2-6-16(24)7-3-13/h2-9,15,21,26H,10-11H2,1H3/t15-,21-/m0/s1. The Bertz CT molecular complexity index is 1130. The zero-order valence-corrected chi connectivity index (χ0v) is 16.5. The molecule has 1 aliphatic carbocycles. The van der Waals surface area contributed by atoms with E-state index in [-0.39, 0.29) is 23.4 Å². The van der Waals surface area contributed by atoms with Crippen molar-refractivity contribution in [2.24, 2.45) is 0 Å². The number of aryl methyl sites for hydroxylation is 1. The maximum Gasteiger partial charge on any atom is 0.233 e. The predicted octanol–water partition coefficient (Wildman–Crippen LogP) is 5.73. The molecule has 5 rings (SSSR count). The number of hydrogen-bond donors (Lipinski definition) is 1. The number of nitrogens with one attached hydrogen (secondary N) is 1. The van der Waals surface area contributed by atoms with Crippen molar-refractivity contribution in [1.29, 1.82) is 0 Å². The highest BCUT2D eigenvalue weighted by atomic mass is 35.5. The first-order valence-electron chi connectivity index (χ1n) is 9.51. The van der Waals surface area contributed by atoms with Gasteiger partial charge >= 0.3 is 0 Å². The molecule has 6 heteroatoms. The summed E-state index contributed by atoms with van der Waals surface area (Å²) in [5.41, 5.74) is 5.06. The molecule has 1 aliphatic heterocycles. The predicted molar refractivity (Wildman–Crippen MR) is 109 cm³/mol. The molecule has 2 heterocycles. The number of carbonyl (C=O) groups excluding carboxylic acids is 1. The van der Waals surface area contributed by atoms with Crippen LogP contribution in [0.15, 0.2) is 64.3 Å². The lowest BCUT2D eigenvalue weighted by atomic mass is 9.72. The molecule has 2 aliphatic rings. The summed E-state index contributed by atoms with van der Waals surface area (Å²) in [5, 5.41) is 8.07. The number of rotatable bonds is 2. The Morgan fingerprint density at radius 1 is 1.07 bits per heavy atom. The quantitative estimate of drug-likeness (QED) is 0.588. The molecule has 0 unspecified atom stereocenters. The number of anilines is 1. The number of hydrogen-bond acceptors (Lipinski definition) is 4. The SMILES string of the molecule is Cc1noc2c1[C@H](c1ccc(F)cc1)C1=C(C[C@H](c3ccc(Cl)cc3)CC1=O)N2. The summed E-state index contributed by atoms with van der Waals surface area (Å²) in [5.74, 6) is 0.0774. The van der Waals surface area contributed by atoms with Gasteiger partial charge in [0.2, 0.25) is 5.88 Å². The van der Waals surface area contributed by atoms with Crippen LogP contribution in [0.1, 0.15) is 47.1 Å². The molecular formula is C23H18ClFN2O2. The van der Waals surface area contributed by atoms with Crippen molar-refractivity contribution >= 4 is 23.3 Å². The highest BCUT2D eigenvalue weighted by Gasteiger charge is 2.41. The van der Waals surface area contributed by atoms with E-state index in [0.717, 1.165) is 33.7 Å². The molecule has 1 N–H and O–H groups in total. The molecule has 0 radical (unpaired) electrons. The van der Waals surface area contributed by atoms with E-state index in [2.05, 4.69) is 10.5 Å². The average molecular weight is 409 g/mol. The second-order valence-corrected chi connectivity index (χ2v) is 8.03. The van der Waals surface area contributed by atoms with E-state index in [1.807, 2.05) is 31.2 Å². The van der Waals surface area contributed by atoms with Gasteiger partial charge in [0.05, 0.1) is 11.3 Å². The third-order valence-electron chi connectivity index (χ3n) is 5.80. The van der Waals surface area contributed by atoms with Crippen molar-refractivity contribution in [3.63, 3.8) is 0 Å². The fourth-order valence-electron chi connectivity index (χ4n) is 4.43. The molecule has 146 valence electrons. The molecule has 0 spiro atoms. The number of Topliss-reactive ketones (excluding diaryl/α,β-unsaturated/α-hetero) is 1. The van der Waals surface area contributed by atoms with Gasteiger partial charge in [-0.25, -0.2) is 4.39 Å². The molecule has 0 bridgehead atoms. The summed E-state index contributed by atoms with van der Waals surface area (Å²) < 4.78 is 19.0. The van der Waals surface area contributed by atoms with Gasteiger partial charge < -0.3 is 9.84 Å². The molecule has 0 saturated carbocycles. The van der Waals surface area contributed by atoms with Crippen molar-refractivity contribution in [3.8, 4) is 0 Å². The number of fused-ring (bicyclic) bond motifs is 1. The third kappa shape index (κ3) is 3.06. The fourth-order valence-corrected chi connectivity index (χ4v) is 4.56. The number of carbonyl (C=O) groups is 1. The first-order chi connectivity index (χ1) is 14.0. The number of ketones is 1. The summed E-state index contributed by atoms with van der Waals surface area (Å²) in [6.07, 6.45) is 1.10. The second kappa shape index (κ2) is 6.85. The third-order valence-corrected chi connectivity index (χ3v) is 6.05. The van der Waals surface area contributed by atoms with Crippen molar-refractivity contribution in [2.45, 2.75) is 31.6 Å². The minimum Gasteiger partial charge on any atom is -0.338 e. The molecule has 0 fully saturated rings. The van der Waals surface area contributed by atoms with Crippen LogP contribution in [-0.2, 0) is 4.79 Å². The highest BCUT2D eigenvalue weighted by Crippen LogP contribution is 2.49. The van der Waals surface area contributed by atoms with Gasteiger partial charge in [0.1, 0.15) is 5.82 Å². The molecule has 3 aromatic rings. The zero-order valence-electron chi connectivity index (χ0n) is 15.7. The van der Waals surface area contributed by atoms with Gasteiger partial charge in [-0.05, 0) is 54.7 Å². The smallest absolute Gasteiger partial charge is 0.233 e. The molecule has 1 aromatic heterocycles. The van der Waals surface area contributed by atoms with Crippen LogP contribution >= 0.6 is 11.6 Å². The molecule has 2 atom stereocenters. The van der Waals surface area contributed by atoms with Gasteiger partial charge in [-0.3, -0.25) is 4.79 Å². The van der Waals surface area contributed by atoms with Gasteiger partial charge in [-0.1, -0.05) is 41.0 Å². The molecule has 0 saturated heterocycles. The molecule has 29 heavy (non-hydrogen) atoms. The number of halogens is 2. The normalized spacial score (nSPS) is 20.9. The van der Waals surface area contributed by atoms with Gasteiger partial charge in [-0.2, -0.15) is 0 Å². The lowest BCUT2D eigenvalue weighted by Gasteiger charge is -2.34. The summed E-state index contributed by atoms with van der Waals surface area (Å²) in [4.78, 5) is 13.3. The fraction of sp³-hybridized carbons (Fsp3) is 0.217. The lowest BCUT2D eigenvalue weighted by Crippen LogP contribution is -2.29. The maximum absolute atomic E-state index is 13.5. The summed E-state index contributed by atoms with van der Waals surface area (Å²) in [6.45, 7) is 1.86. The van der Waals surface area contributed by atoms with Gasteiger partial charge in [0, 0.05) is 28.6 Å². The summed E-state index contributed by atoms with van der Waals surface area (Å²) >= 11 is 6.01. The Morgan fingerprint density at radius 2 is 1.76 bits per heavy atom. The first kappa shape index (κ1) is 18.1. The van der Waals surface area contributed by atoms with Crippen LogP contribution in [0.25, 0.3) is 0 Å². The van der Waals surface area contributed by atoms with E-state index in [4.69, 9.17) is 16.1 Å². The second-order valence-electron chi connectivity index (χ2n) is 7.59. The minimum absolute atomic E-state index is 0.0606. The van der Waals surface area contributed by atoms with Crippen LogP contribution in [0.3, 0.4) is 0 Å². The maximum atomic E-state index is 13.5. The van der Waals surface area contributed by atoms with E-state index in [1.165, 1.54) is 12.1 Å². The van der Waals surface area contributed by atoms with Gasteiger partial charge in [-0.15, -0.1) is 0 Å². The summed E-state index contributed by atoms with van der Waals surface area (Å²) in [6, 6.07) is 13.9. The Hall–Kier alpha value is -2.92. The number of nitrogens with zero attached hydrogens (tertiary/aromatic N) is 1. The van der Waals surface area contributed by atoms with E-state index in [0.29, 0.717) is 23.7 Å². The monoisotopic (exact) mass is 408 g/mol. The van der Waals surface area contributed by atoms with Gasteiger partial charge in [0.15, 0.2) is 5.78 Å². The molecule has 4 nitrogen and oxygen atoms in total. The van der Waals surface area contributed by atoms with Crippen molar-refractivity contribution in [3.05, 3.63) is 93.0 Å². The Kier molecular flexibility index (Phi) is 4.28. The Labute approximate surface area is 172 Å². The Balaban J connectivity index is 1.61. The molecule has 2 aromatic carbocycles. The van der Waals surface area contributed by atoms with E-state index in [1.54, 1.807) is 12.1 Å². The number of allylic oxidation sites excluding steroid dienone is 2. The van der Waals surface area contributed by atoms with Crippen LogP contribution in [0, 0.1) is 12.7 Å². The van der Waals surface area contributed by atoms with Crippen LogP contribution in [0.2, 0.25) is 5.02 Å².